The molecule has 0 saturated heterocycles. The molecule has 0 aromatic heterocycles. The highest BCUT2D eigenvalue weighted by Gasteiger charge is 2.11. The Balaban J connectivity index is 3.14. The fraction of sp³-hybridized carbons (Fsp3) is 0.400. The third kappa shape index (κ3) is 2.19. The average molecular weight is 260 g/mol. The zero-order valence-electron chi connectivity index (χ0n) is 8.56. The van der Waals surface area contributed by atoms with Crippen molar-refractivity contribution in [2.24, 2.45) is 0 Å². The molecule has 1 N–H and O–H groups in total. The molecule has 0 heterocycles. The maximum absolute atomic E-state index is 5.30. The molecule has 0 saturated carbocycles. The Morgan fingerprint density at radius 2 is 2.00 bits per heavy atom. The highest BCUT2D eigenvalue weighted by atomic mass is 79.9. The van der Waals surface area contributed by atoms with Crippen LogP contribution in [-0.4, -0.2) is 21.3 Å². The Labute approximate surface area is 92.5 Å². The number of hydrogen-bond acceptors (Lipinski definition) is 3. The first-order valence-electron chi connectivity index (χ1n) is 4.28. The van der Waals surface area contributed by atoms with E-state index in [0.29, 0.717) is 0 Å². The summed E-state index contributed by atoms with van der Waals surface area (Å²) in [4.78, 5) is 0. The third-order valence-electron chi connectivity index (χ3n) is 1.93. The predicted molar refractivity (Wildman–Crippen MR) is 60.0 cm³/mol. The van der Waals surface area contributed by atoms with Crippen LogP contribution in [0.5, 0.6) is 11.5 Å². The van der Waals surface area contributed by atoms with Gasteiger partial charge in [-0.3, -0.25) is 0 Å². The van der Waals surface area contributed by atoms with Crippen LogP contribution in [0, 0.1) is 0 Å². The van der Waals surface area contributed by atoms with Gasteiger partial charge in [0.05, 0.1) is 14.2 Å². The second kappa shape index (κ2) is 5.22. The van der Waals surface area contributed by atoms with Gasteiger partial charge in [-0.2, -0.15) is 0 Å². The Kier molecular flexibility index (Phi) is 4.22. The zero-order chi connectivity index (χ0) is 10.6. The second-order valence-corrected chi connectivity index (χ2v) is 3.60. The molecule has 0 amide bonds. The van der Waals surface area contributed by atoms with Crippen molar-refractivity contribution in [2.75, 3.05) is 21.3 Å². The maximum atomic E-state index is 5.30. The van der Waals surface area contributed by atoms with E-state index in [0.717, 1.165) is 28.1 Å². The molecule has 0 unspecified atom stereocenters. The van der Waals surface area contributed by atoms with E-state index in [1.807, 2.05) is 19.2 Å². The quantitative estimate of drug-likeness (QED) is 0.900. The van der Waals surface area contributed by atoms with Crippen molar-refractivity contribution in [3.8, 4) is 11.5 Å². The van der Waals surface area contributed by atoms with Crippen molar-refractivity contribution in [2.45, 2.75) is 6.54 Å². The molecule has 0 fully saturated rings. The van der Waals surface area contributed by atoms with Crippen LogP contribution in [-0.2, 0) is 6.54 Å². The number of nitrogens with one attached hydrogen (secondary N) is 1. The van der Waals surface area contributed by atoms with E-state index in [1.165, 1.54) is 0 Å². The zero-order valence-corrected chi connectivity index (χ0v) is 10.1. The van der Waals surface area contributed by atoms with Crippen molar-refractivity contribution in [1.29, 1.82) is 0 Å². The molecular weight excluding hydrogens is 246 g/mol. The van der Waals surface area contributed by atoms with E-state index in [-0.39, 0.29) is 0 Å². The van der Waals surface area contributed by atoms with Gasteiger partial charge < -0.3 is 14.8 Å². The maximum Gasteiger partial charge on any atom is 0.141 e. The molecule has 0 bridgehead atoms. The number of hydrogen-bond donors (Lipinski definition) is 1. The lowest BCUT2D eigenvalue weighted by molar-refractivity contribution is 0.385. The second-order valence-electron chi connectivity index (χ2n) is 2.80. The fourth-order valence-electron chi connectivity index (χ4n) is 1.29. The fourth-order valence-corrected chi connectivity index (χ4v) is 2.00. The number of methoxy groups -OCH3 is 2. The van der Waals surface area contributed by atoms with Gasteiger partial charge in [-0.15, -0.1) is 0 Å². The highest BCUT2D eigenvalue weighted by molar-refractivity contribution is 9.10. The predicted octanol–water partition coefficient (Wildman–Crippen LogP) is 2.19. The monoisotopic (exact) mass is 259 g/mol. The molecule has 0 aliphatic rings. The van der Waals surface area contributed by atoms with Crippen molar-refractivity contribution in [3.63, 3.8) is 0 Å². The summed E-state index contributed by atoms with van der Waals surface area (Å²) in [5, 5.41) is 3.08. The molecule has 1 rings (SSSR count). The molecule has 0 aliphatic carbocycles. The molecule has 1 aromatic carbocycles. The van der Waals surface area contributed by atoms with Gasteiger partial charge in [0.15, 0.2) is 0 Å². The normalized spacial score (nSPS) is 10.0. The molecule has 14 heavy (non-hydrogen) atoms. The largest absolute Gasteiger partial charge is 0.495 e. The van der Waals surface area contributed by atoms with E-state index in [1.54, 1.807) is 14.2 Å². The van der Waals surface area contributed by atoms with Gasteiger partial charge in [0.2, 0.25) is 0 Å². The van der Waals surface area contributed by atoms with Gasteiger partial charge in [-0.05, 0) is 29.0 Å². The minimum Gasteiger partial charge on any atom is -0.495 e. The Bertz CT molecular complexity index is 315. The summed E-state index contributed by atoms with van der Waals surface area (Å²) in [6.07, 6.45) is 0. The molecule has 3 nitrogen and oxygen atoms in total. The first-order chi connectivity index (χ1) is 6.74. The molecule has 0 spiro atoms. The summed E-state index contributed by atoms with van der Waals surface area (Å²) >= 11 is 3.44. The van der Waals surface area contributed by atoms with Crippen molar-refractivity contribution in [3.05, 3.63) is 22.2 Å². The van der Waals surface area contributed by atoms with Crippen LogP contribution in [0.15, 0.2) is 16.6 Å². The summed E-state index contributed by atoms with van der Waals surface area (Å²) < 4.78 is 11.3. The van der Waals surface area contributed by atoms with Crippen LogP contribution in [0.1, 0.15) is 5.56 Å². The Morgan fingerprint density at radius 3 is 2.50 bits per heavy atom. The lowest BCUT2D eigenvalue weighted by atomic mass is 10.2. The van der Waals surface area contributed by atoms with Gasteiger partial charge in [-0.1, -0.05) is 6.07 Å². The number of benzene rings is 1. The Hall–Kier alpha value is -0.740. The topological polar surface area (TPSA) is 30.5 Å². The van der Waals surface area contributed by atoms with Crippen LogP contribution < -0.4 is 14.8 Å². The van der Waals surface area contributed by atoms with Crippen molar-refractivity contribution >= 4 is 15.9 Å². The van der Waals surface area contributed by atoms with E-state index < -0.39 is 0 Å². The minimum absolute atomic E-state index is 0.770. The van der Waals surface area contributed by atoms with Gasteiger partial charge in [0.25, 0.3) is 0 Å². The Morgan fingerprint density at radius 1 is 1.29 bits per heavy atom. The van der Waals surface area contributed by atoms with Gasteiger partial charge in [0.1, 0.15) is 16.0 Å². The number of ether oxygens (including phenoxy) is 2. The molecule has 0 aliphatic heterocycles. The molecule has 4 heteroatoms. The van der Waals surface area contributed by atoms with Crippen LogP contribution in [0.2, 0.25) is 0 Å². The van der Waals surface area contributed by atoms with Gasteiger partial charge in [-0.25, -0.2) is 0 Å². The smallest absolute Gasteiger partial charge is 0.141 e. The summed E-state index contributed by atoms with van der Waals surface area (Å²) in [7, 11) is 5.19. The standard InChI is InChI=1S/C10H14BrNO2/c1-12-6-7-4-5-8(13-2)9(11)10(7)14-3/h4-5,12H,6H2,1-3H3. The summed E-state index contributed by atoms with van der Waals surface area (Å²) in [5.74, 6) is 1.60. The van der Waals surface area contributed by atoms with Crippen LogP contribution >= 0.6 is 15.9 Å². The summed E-state index contributed by atoms with van der Waals surface area (Å²) in [5.41, 5.74) is 1.10. The highest BCUT2D eigenvalue weighted by Crippen LogP contribution is 2.36. The molecular formula is C10H14BrNO2. The minimum atomic E-state index is 0.770. The van der Waals surface area contributed by atoms with Crippen LogP contribution in [0.4, 0.5) is 0 Å². The molecule has 0 radical (unpaired) electrons. The summed E-state index contributed by atoms with van der Waals surface area (Å²) in [6, 6.07) is 3.90. The first-order valence-corrected chi connectivity index (χ1v) is 5.07. The lowest BCUT2D eigenvalue weighted by Gasteiger charge is -2.12. The van der Waals surface area contributed by atoms with E-state index in [2.05, 4.69) is 21.2 Å². The third-order valence-corrected chi connectivity index (χ3v) is 2.69. The summed E-state index contributed by atoms with van der Waals surface area (Å²) in [6.45, 7) is 0.770. The van der Waals surface area contributed by atoms with Crippen LogP contribution in [0.25, 0.3) is 0 Å². The van der Waals surface area contributed by atoms with Crippen LogP contribution in [0.3, 0.4) is 0 Å². The number of rotatable bonds is 4. The first kappa shape index (κ1) is 11.3. The molecule has 0 atom stereocenters. The van der Waals surface area contributed by atoms with Gasteiger partial charge in [0, 0.05) is 12.1 Å². The number of halogens is 1. The van der Waals surface area contributed by atoms with Gasteiger partial charge >= 0.3 is 0 Å². The SMILES string of the molecule is CNCc1ccc(OC)c(Br)c1OC. The van der Waals surface area contributed by atoms with E-state index in [4.69, 9.17) is 9.47 Å². The average Bonchev–Trinajstić information content (AvgIpc) is 2.19. The van der Waals surface area contributed by atoms with Crippen molar-refractivity contribution in [1.82, 2.24) is 5.32 Å². The van der Waals surface area contributed by atoms with E-state index >= 15 is 0 Å². The van der Waals surface area contributed by atoms with E-state index in [9.17, 15) is 0 Å². The van der Waals surface area contributed by atoms with Crippen molar-refractivity contribution < 1.29 is 9.47 Å². The molecule has 78 valence electrons. The molecule has 1 aromatic rings. The lowest BCUT2D eigenvalue weighted by Crippen LogP contribution is -2.07.